The molecule has 0 aliphatic carbocycles. The van der Waals surface area contributed by atoms with Gasteiger partial charge in [0.2, 0.25) is 11.8 Å². The van der Waals surface area contributed by atoms with Crippen molar-refractivity contribution in [1.29, 1.82) is 0 Å². The van der Waals surface area contributed by atoms with Gasteiger partial charge in [-0.2, -0.15) is 0 Å². The van der Waals surface area contributed by atoms with E-state index >= 15 is 0 Å². The van der Waals surface area contributed by atoms with Crippen molar-refractivity contribution in [2.75, 3.05) is 13.1 Å². The second-order valence-corrected chi connectivity index (χ2v) is 3.30. The first-order chi connectivity index (χ1) is 6.66. The molecule has 76 valence electrons. The van der Waals surface area contributed by atoms with Gasteiger partial charge in [0.05, 0.1) is 0 Å². The van der Waals surface area contributed by atoms with Crippen LogP contribution < -0.4 is 0 Å². The van der Waals surface area contributed by atoms with Crippen molar-refractivity contribution in [3.05, 3.63) is 10.4 Å². The summed E-state index contributed by atoms with van der Waals surface area (Å²) in [4.78, 5) is 26.5. The first-order valence-electron chi connectivity index (χ1n) is 4.52. The Morgan fingerprint density at radius 2 is 2.36 bits per heavy atom. The maximum Gasteiger partial charge on any atom is 0.232 e. The highest BCUT2D eigenvalue weighted by molar-refractivity contribution is 6.03. The van der Waals surface area contributed by atoms with Crippen LogP contribution in [0, 0.1) is 5.92 Å². The van der Waals surface area contributed by atoms with Crippen LogP contribution in [0.2, 0.25) is 0 Å². The summed E-state index contributed by atoms with van der Waals surface area (Å²) < 4.78 is 0. The van der Waals surface area contributed by atoms with E-state index < -0.39 is 0 Å². The lowest BCUT2D eigenvalue weighted by Crippen LogP contribution is -2.31. The van der Waals surface area contributed by atoms with Gasteiger partial charge < -0.3 is 0 Å². The summed E-state index contributed by atoms with van der Waals surface area (Å²) in [6.45, 7) is 2.43. The number of azide groups is 1. The highest BCUT2D eigenvalue weighted by Crippen LogP contribution is 2.18. The Balaban J connectivity index is 2.40. The van der Waals surface area contributed by atoms with E-state index in [4.69, 9.17) is 5.53 Å². The summed E-state index contributed by atoms with van der Waals surface area (Å²) in [5, 5.41) is 3.33. The summed E-state index contributed by atoms with van der Waals surface area (Å²) in [5.41, 5.74) is 8.02. The van der Waals surface area contributed by atoms with Crippen LogP contribution in [0.3, 0.4) is 0 Å². The van der Waals surface area contributed by atoms with Gasteiger partial charge in [0, 0.05) is 30.3 Å². The molecule has 0 saturated carbocycles. The van der Waals surface area contributed by atoms with E-state index in [1.807, 2.05) is 0 Å². The van der Waals surface area contributed by atoms with Crippen molar-refractivity contribution in [2.24, 2.45) is 11.0 Å². The van der Waals surface area contributed by atoms with Gasteiger partial charge in [0.1, 0.15) is 0 Å². The van der Waals surface area contributed by atoms with Crippen LogP contribution in [0.15, 0.2) is 5.11 Å². The molecule has 0 aromatic carbocycles. The molecule has 1 fully saturated rings. The van der Waals surface area contributed by atoms with Crippen molar-refractivity contribution in [3.63, 3.8) is 0 Å². The lowest BCUT2D eigenvalue weighted by Gasteiger charge is -2.12. The molecular weight excluding hydrogens is 184 g/mol. The van der Waals surface area contributed by atoms with Crippen molar-refractivity contribution in [3.8, 4) is 0 Å². The van der Waals surface area contributed by atoms with Crippen LogP contribution in [0.5, 0.6) is 0 Å². The van der Waals surface area contributed by atoms with Gasteiger partial charge >= 0.3 is 0 Å². The largest absolute Gasteiger partial charge is 0.282 e. The monoisotopic (exact) mass is 196 g/mol. The summed E-state index contributed by atoms with van der Waals surface area (Å²) in [6.07, 6.45) is 0.842. The molecule has 0 aromatic heterocycles. The van der Waals surface area contributed by atoms with Gasteiger partial charge in [-0.05, 0) is 12.0 Å². The van der Waals surface area contributed by atoms with Crippen molar-refractivity contribution >= 4 is 11.8 Å². The molecule has 1 aliphatic rings. The second-order valence-electron chi connectivity index (χ2n) is 3.30. The summed E-state index contributed by atoms with van der Waals surface area (Å²) in [5.74, 6) is -0.429. The standard InChI is InChI=1S/C8H12N4O2/c1-6-5-7(13)12(8(6)14)4-2-3-10-11-9/h6H,2-5H2,1H3. The Morgan fingerprint density at radius 1 is 1.64 bits per heavy atom. The summed E-state index contributed by atoms with van der Waals surface area (Å²) in [7, 11) is 0. The molecule has 1 unspecified atom stereocenters. The van der Waals surface area contributed by atoms with Gasteiger partial charge in [-0.3, -0.25) is 14.5 Å². The number of hydrogen-bond donors (Lipinski definition) is 0. The normalized spacial score (nSPS) is 21.2. The van der Waals surface area contributed by atoms with E-state index in [-0.39, 0.29) is 17.7 Å². The number of carbonyl (C=O) groups is 2. The molecule has 0 spiro atoms. The molecule has 0 aromatic rings. The zero-order chi connectivity index (χ0) is 10.6. The molecule has 0 radical (unpaired) electrons. The van der Waals surface area contributed by atoms with E-state index in [0.29, 0.717) is 25.9 Å². The minimum Gasteiger partial charge on any atom is -0.282 e. The molecule has 1 heterocycles. The average molecular weight is 196 g/mol. The van der Waals surface area contributed by atoms with Crippen LogP contribution in [-0.4, -0.2) is 29.8 Å². The fourth-order valence-corrected chi connectivity index (χ4v) is 1.43. The number of rotatable bonds is 4. The van der Waals surface area contributed by atoms with Crippen LogP contribution in [-0.2, 0) is 9.59 Å². The molecule has 14 heavy (non-hydrogen) atoms. The fraction of sp³-hybridized carbons (Fsp3) is 0.750. The van der Waals surface area contributed by atoms with Gasteiger partial charge in [0.15, 0.2) is 0 Å². The van der Waals surface area contributed by atoms with E-state index in [1.54, 1.807) is 6.92 Å². The second kappa shape index (κ2) is 4.62. The van der Waals surface area contributed by atoms with Crippen molar-refractivity contribution in [1.82, 2.24) is 4.90 Å². The van der Waals surface area contributed by atoms with Crippen LogP contribution >= 0.6 is 0 Å². The molecule has 2 amide bonds. The van der Waals surface area contributed by atoms with E-state index in [9.17, 15) is 9.59 Å². The number of amides is 2. The van der Waals surface area contributed by atoms with Crippen LogP contribution in [0.1, 0.15) is 19.8 Å². The Morgan fingerprint density at radius 3 is 2.86 bits per heavy atom. The SMILES string of the molecule is CC1CC(=O)N(CCCN=[N+]=[N-])C1=O. The number of hydrogen-bond acceptors (Lipinski definition) is 3. The molecule has 1 rings (SSSR count). The quantitative estimate of drug-likeness (QED) is 0.221. The van der Waals surface area contributed by atoms with E-state index in [1.165, 1.54) is 4.90 Å². The lowest BCUT2D eigenvalue weighted by molar-refractivity contribution is -0.139. The number of nitrogens with zero attached hydrogens (tertiary/aromatic N) is 4. The minimum atomic E-state index is -0.193. The van der Waals surface area contributed by atoms with Gasteiger partial charge in [-0.1, -0.05) is 12.0 Å². The molecular formula is C8H12N4O2. The summed E-state index contributed by atoms with van der Waals surface area (Å²) >= 11 is 0. The lowest BCUT2D eigenvalue weighted by atomic mass is 10.1. The van der Waals surface area contributed by atoms with Gasteiger partial charge in [-0.25, -0.2) is 0 Å². The third-order valence-electron chi connectivity index (χ3n) is 2.17. The van der Waals surface area contributed by atoms with E-state index in [2.05, 4.69) is 10.0 Å². The topological polar surface area (TPSA) is 86.1 Å². The van der Waals surface area contributed by atoms with Gasteiger partial charge in [0.25, 0.3) is 0 Å². The van der Waals surface area contributed by atoms with Crippen LogP contribution in [0.4, 0.5) is 0 Å². The van der Waals surface area contributed by atoms with E-state index in [0.717, 1.165) is 0 Å². The summed E-state index contributed by atoms with van der Waals surface area (Å²) in [6, 6.07) is 0. The number of carbonyl (C=O) groups excluding carboxylic acids is 2. The maximum absolute atomic E-state index is 11.4. The average Bonchev–Trinajstić information content (AvgIpc) is 2.38. The predicted molar refractivity (Wildman–Crippen MR) is 49.1 cm³/mol. The van der Waals surface area contributed by atoms with Crippen molar-refractivity contribution in [2.45, 2.75) is 19.8 Å². The third kappa shape index (κ3) is 2.23. The van der Waals surface area contributed by atoms with Gasteiger partial charge in [-0.15, -0.1) is 0 Å². The molecule has 1 atom stereocenters. The minimum absolute atomic E-state index is 0.115. The zero-order valence-corrected chi connectivity index (χ0v) is 8.01. The predicted octanol–water partition coefficient (Wildman–Crippen LogP) is 1.08. The third-order valence-corrected chi connectivity index (χ3v) is 2.17. The first kappa shape index (κ1) is 10.5. The Hall–Kier alpha value is -1.55. The first-order valence-corrected chi connectivity index (χ1v) is 4.52. The van der Waals surface area contributed by atoms with Crippen molar-refractivity contribution < 1.29 is 9.59 Å². The fourth-order valence-electron chi connectivity index (χ4n) is 1.43. The van der Waals surface area contributed by atoms with Crippen LogP contribution in [0.25, 0.3) is 10.4 Å². The molecule has 1 saturated heterocycles. The highest BCUT2D eigenvalue weighted by atomic mass is 16.2. The molecule has 0 bridgehead atoms. The molecule has 6 nitrogen and oxygen atoms in total. The molecule has 1 aliphatic heterocycles. The Bertz CT molecular complexity index is 296. The highest BCUT2D eigenvalue weighted by Gasteiger charge is 2.34. The number of imide groups is 1. The Kier molecular flexibility index (Phi) is 3.48. The molecule has 0 N–H and O–H groups in total. The smallest absolute Gasteiger partial charge is 0.232 e. The Labute approximate surface area is 81.5 Å². The zero-order valence-electron chi connectivity index (χ0n) is 8.01. The molecule has 6 heteroatoms. The number of likely N-dealkylation sites (tertiary alicyclic amines) is 1. The maximum atomic E-state index is 11.4.